The van der Waals surface area contributed by atoms with E-state index < -0.39 is 10.0 Å². The van der Waals surface area contributed by atoms with E-state index in [1.54, 1.807) is 18.3 Å². The third kappa shape index (κ3) is 3.12. The first-order valence-electron chi connectivity index (χ1n) is 6.64. The van der Waals surface area contributed by atoms with Crippen LogP contribution in [0.15, 0.2) is 27.8 Å². The van der Waals surface area contributed by atoms with E-state index in [2.05, 4.69) is 4.72 Å². The van der Waals surface area contributed by atoms with Gasteiger partial charge in [0.15, 0.2) is 0 Å². The first-order valence-corrected chi connectivity index (χ1v) is 9.07. The van der Waals surface area contributed by atoms with Gasteiger partial charge < -0.3 is 5.73 Å². The molecule has 0 bridgehead atoms. The van der Waals surface area contributed by atoms with Crippen LogP contribution in [0, 0.1) is 20.8 Å². The maximum atomic E-state index is 12.7. The standard InChI is InChI=1S/C15H20N2O2S2/c1-9-7-14(16)11(3)15(10(9)2)21(18,19)17-12(4)13-5-6-20-8-13/h5-8,12,17H,16H2,1-4H3. The van der Waals surface area contributed by atoms with E-state index in [0.717, 1.165) is 16.7 Å². The lowest BCUT2D eigenvalue weighted by Crippen LogP contribution is -2.28. The van der Waals surface area contributed by atoms with Gasteiger partial charge in [0.1, 0.15) is 0 Å². The van der Waals surface area contributed by atoms with Crippen LogP contribution < -0.4 is 10.5 Å². The Labute approximate surface area is 130 Å². The van der Waals surface area contributed by atoms with Crippen LogP contribution in [0.3, 0.4) is 0 Å². The fraction of sp³-hybridized carbons (Fsp3) is 0.333. The number of anilines is 1. The highest BCUT2D eigenvalue weighted by Crippen LogP contribution is 2.29. The highest BCUT2D eigenvalue weighted by Gasteiger charge is 2.24. The molecule has 0 fully saturated rings. The van der Waals surface area contributed by atoms with Crippen LogP contribution in [0.25, 0.3) is 0 Å². The first kappa shape index (κ1) is 16.0. The van der Waals surface area contributed by atoms with E-state index in [4.69, 9.17) is 5.73 Å². The Morgan fingerprint density at radius 3 is 2.48 bits per heavy atom. The van der Waals surface area contributed by atoms with Gasteiger partial charge in [-0.05, 0) is 72.8 Å². The number of hydrogen-bond acceptors (Lipinski definition) is 4. The van der Waals surface area contributed by atoms with Crippen molar-refractivity contribution in [1.29, 1.82) is 0 Å². The molecule has 2 aromatic rings. The zero-order valence-corrected chi connectivity index (χ0v) is 14.2. The van der Waals surface area contributed by atoms with Crippen LogP contribution >= 0.6 is 11.3 Å². The lowest BCUT2D eigenvalue weighted by Gasteiger charge is -2.18. The number of nitrogens with two attached hydrogens (primary N) is 1. The SMILES string of the molecule is Cc1cc(N)c(C)c(S(=O)(=O)NC(C)c2ccsc2)c1C. The molecule has 21 heavy (non-hydrogen) atoms. The van der Waals surface area contributed by atoms with E-state index in [0.29, 0.717) is 16.1 Å². The number of sulfonamides is 1. The smallest absolute Gasteiger partial charge is 0.241 e. The summed E-state index contributed by atoms with van der Waals surface area (Å²) >= 11 is 1.55. The summed E-state index contributed by atoms with van der Waals surface area (Å²) in [4.78, 5) is 0.294. The Hall–Kier alpha value is -1.37. The average molecular weight is 324 g/mol. The quantitative estimate of drug-likeness (QED) is 0.848. The van der Waals surface area contributed by atoms with Crippen molar-refractivity contribution in [3.05, 3.63) is 45.1 Å². The summed E-state index contributed by atoms with van der Waals surface area (Å²) in [5, 5.41) is 3.87. The second-order valence-corrected chi connectivity index (χ2v) is 7.69. The van der Waals surface area contributed by atoms with Crippen LogP contribution in [-0.2, 0) is 10.0 Å². The summed E-state index contributed by atoms with van der Waals surface area (Å²) in [5.41, 5.74) is 9.60. The predicted molar refractivity (Wildman–Crippen MR) is 88.1 cm³/mol. The Morgan fingerprint density at radius 2 is 1.90 bits per heavy atom. The van der Waals surface area contributed by atoms with Gasteiger partial charge in [-0.25, -0.2) is 13.1 Å². The normalized spacial score (nSPS) is 13.3. The van der Waals surface area contributed by atoms with Gasteiger partial charge in [0, 0.05) is 11.7 Å². The predicted octanol–water partition coefficient (Wildman–Crippen LogP) is 3.30. The minimum absolute atomic E-state index is 0.276. The third-order valence-corrected chi connectivity index (χ3v) is 6.24. The molecular formula is C15H20N2O2S2. The summed E-state index contributed by atoms with van der Waals surface area (Å²) in [6.45, 7) is 7.26. The maximum absolute atomic E-state index is 12.7. The topological polar surface area (TPSA) is 72.2 Å². The zero-order valence-electron chi connectivity index (χ0n) is 12.6. The molecule has 1 aromatic heterocycles. The number of hydrogen-bond donors (Lipinski definition) is 2. The van der Waals surface area contributed by atoms with Crippen LogP contribution in [0.4, 0.5) is 5.69 Å². The molecule has 1 heterocycles. The van der Waals surface area contributed by atoms with E-state index in [1.165, 1.54) is 0 Å². The lowest BCUT2D eigenvalue weighted by molar-refractivity contribution is 0.566. The molecule has 1 aromatic carbocycles. The number of thiophene rings is 1. The van der Waals surface area contributed by atoms with Gasteiger partial charge in [-0.1, -0.05) is 0 Å². The van der Waals surface area contributed by atoms with E-state index in [-0.39, 0.29) is 6.04 Å². The Balaban J connectivity index is 2.46. The molecule has 2 rings (SSSR count). The van der Waals surface area contributed by atoms with Gasteiger partial charge in [0.2, 0.25) is 10.0 Å². The number of aryl methyl sites for hydroxylation is 1. The van der Waals surface area contributed by atoms with Crippen molar-refractivity contribution in [2.45, 2.75) is 38.6 Å². The molecule has 0 aliphatic rings. The van der Waals surface area contributed by atoms with Crippen molar-refractivity contribution in [2.75, 3.05) is 5.73 Å². The van der Waals surface area contributed by atoms with E-state index in [1.807, 2.05) is 43.7 Å². The summed E-state index contributed by atoms with van der Waals surface area (Å²) in [5.74, 6) is 0. The summed E-state index contributed by atoms with van der Waals surface area (Å²) in [6, 6.07) is 3.45. The number of rotatable bonds is 4. The molecule has 0 radical (unpaired) electrons. The molecule has 0 saturated heterocycles. The highest BCUT2D eigenvalue weighted by molar-refractivity contribution is 7.89. The monoisotopic (exact) mass is 324 g/mol. The molecule has 3 N–H and O–H groups in total. The minimum Gasteiger partial charge on any atom is -0.398 e. The fourth-order valence-electron chi connectivity index (χ4n) is 2.33. The third-order valence-electron chi connectivity index (χ3n) is 3.72. The van der Waals surface area contributed by atoms with Gasteiger partial charge in [0.05, 0.1) is 4.90 Å². The second-order valence-electron chi connectivity index (χ2n) is 5.26. The second kappa shape index (κ2) is 5.79. The lowest BCUT2D eigenvalue weighted by atomic mass is 10.1. The summed E-state index contributed by atoms with van der Waals surface area (Å²) in [6.07, 6.45) is 0. The molecule has 0 amide bonds. The Morgan fingerprint density at radius 1 is 1.24 bits per heavy atom. The molecule has 0 spiro atoms. The number of nitrogen functional groups attached to an aromatic ring is 1. The van der Waals surface area contributed by atoms with Gasteiger partial charge in [0.25, 0.3) is 0 Å². The maximum Gasteiger partial charge on any atom is 0.241 e. The van der Waals surface area contributed by atoms with Crippen molar-refractivity contribution in [3.63, 3.8) is 0 Å². The average Bonchev–Trinajstić information content (AvgIpc) is 2.89. The van der Waals surface area contributed by atoms with Crippen LogP contribution in [0.2, 0.25) is 0 Å². The van der Waals surface area contributed by atoms with Gasteiger partial charge in [-0.15, -0.1) is 0 Å². The van der Waals surface area contributed by atoms with Crippen LogP contribution in [0.1, 0.15) is 35.2 Å². The van der Waals surface area contributed by atoms with E-state index in [9.17, 15) is 8.42 Å². The molecule has 6 heteroatoms. The Kier molecular flexibility index (Phi) is 4.41. The molecule has 1 atom stereocenters. The van der Waals surface area contributed by atoms with Crippen molar-refractivity contribution in [3.8, 4) is 0 Å². The fourth-order valence-corrected chi connectivity index (χ4v) is 4.88. The van der Waals surface area contributed by atoms with E-state index >= 15 is 0 Å². The van der Waals surface area contributed by atoms with Gasteiger partial charge in [-0.3, -0.25) is 0 Å². The van der Waals surface area contributed by atoms with Crippen molar-refractivity contribution >= 4 is 27.0 Å². The van der Waals surface area contributed by atoms with Crippen LogP contribution in [-0.4, -0.2) is 8.42 Å². The molecule has 114 valence electrons. The number of benzene rings is 1. The zero-order chi connectivity index (χ0) is 15.8. The molecule has 0 aliphatic carbocycles. The first-order chi connectivity index (χ1) is 9.74. The summed E-state index contributed by atoms with van der Waals surface area (Å²) in [7, 11) is -3.62. The molecule has 0 aliphatic heterocycles. The van der Waals surface area contributed by atoms with Gasteiger partial charge in [-0.2, -0.15) is 11.3 Å². The highest BCUT2D eigenvalue weighted by atomic mass is 32.2. The molecule has 1 unspecified atom stereocenters. The number of nitrogens with one attached hydrogen (secondary N) is 1. The van der Waals surface area contributed by atoms with Gasteiger partial charge >= 0.3 is 0 Å². The summed E-state index contributed by atoms with van der Waals surface area (Å²) < 4.78 is 28.2. The Bertz CT molecular complexity index is 724. The minimum atomic E-state index is -3.62. The molecule has 4 nitrogen and oxygen atoms in total. The van der Waals surface area contributed by atoms with Crippen molar-refractivity contribution in [2.24, 2.45) is 0 Å². The molecular weight excluding hydrogens is 304 g/mol. The largest absolute Gasteiger partial charge is 0.398 e. The molecule has 0 saturated carbocycles. The van der Waals surface area contributed by atoms with Crippen LogP contribution in [0.5, 0.6) is 0 Å². The van der Waals surface area contributed by atoms with Crippen molar-refractivity contribution < 1.29 is 8.42 Å². The van der Waals surface area contributed by atoms with Crippen molar-refractivity contribution in [1.82, 2.24) is 4.72 Å².